The third kappa shape index (κ3) is 4.60. The first-order valence-electron chi connectivity index (χ1n) is 7.28. The molecule has 0 bridgehead atoms. The van der Waals surface area contributed by atoms with Gasteiger partial charge in [0.05, 0.1) is 6.10 Å². The minimum Gasteiger partial charge on any atom is -0.391 e. The second-order valence-electron chi connectivity index (χ2n) is 6.82. The van der Waals surface area contributed by atoms with E-state index in [2.05, 4.69) is 33.0 Å². The number of aliphatic hydroxyl groups is 1. The van der Waals surface area contributed by atoms with Gasteiger partial charge in [-0.15, -0.1) is 0 Å². The molecule has 0 heterocycles. The molecular weight excluding hydrogens is 226 g/mol. The molecule has 1 rings (SSSR count). The molecule has 2 N–H and O–H groups in total. The van der Waals surface area contributed by atoms with Crippen molar-refractivity contribution in [3.63, 3.8) is 0 Å². The molecule has 18 heavy (non-hydrogen) atoms. The van der Waals surface area contributed by atoms with Crippen LogP contribution < -0.4 is 5.32 Å². The lowest BCUT2D eigenvalue weighted by molar-refractivity contribution is -0.130. The zero-order valence-electron chi connectivity index (χ0n) is 12.3. The monoisotopic (exact) mass is 255 g/mol. The van der Waals surface area contributed by atoms with Gasteiger partial charge in [0.1, 0.15) is 0 Å². The van der Waals surface area contributed by atoms with Gasteiger partial charge in [0.2, 0.25) is 5.91 Å². The highest BCUT2D eigenvalue weighted by molar-refractivity contribution is 5.79. The van der Waals surface area contributed by atoms with Gasteiger partial charge >= 0.3 is 0 Å². The van der Waals surface area contributed by atoms with Gasteiger partial charge in [-0.05, 0) is 30.6 Å². The summed E-state index contributed by atoms with van der Waals surface area (Å²) in [7, 11) is 0. The average molecular weight is 255 g/mol. The Kier molecular flexibility index (Phi) is 5.64. The number of hydrogen-bond donors (Lipinski definition) is 2. The molecule has 3 heteroatoms. The molecule has 1 aliphatic rings. The number of carbonyl (C=O) groups is 1. The lowest BCUT2D eigenvalue weighted by Crippen LogP contribution is -2.43. The summed E-state index contributed by atoms with van der Waals surface area (Å²) in [6.07, 6.45) is 4.82. The fourth-order valence-corrected chi connectivity index (χ4v) is 2.95. The minimum atomic E-state index is -0.416. The molecule has 1 saturated carbocycles. The van der Waals surface area contributed by atoms with E-state index in [1.165, 1.54) is 6.42 Å². The maximum absolute atomic E-state index is 12.2. The van der Waals surface area contributed by atoms with E-state index in [4.69, 9.17) is 0 Å². The third-order valence-electron chi connectivity index (χ3n) is 4.08. The summed E-state index contributed by atoms with van der Waals surface area (Å²) in [6.45, 7) is 8.91. The SMILES string of the molecule is CC(C)CC(O)CNC(=O)C1CCCCC1(C)C. The summed E-state index contributed by atoms with van der Waals surface area (Å²) >= 11 is 0. The van der Waals surface area contributed by atoms with Crippen LogP contribution in [0.3, 0.4) is 0 Å². The molecule has 0 aromatic carbocycles. The Bertz CT molecular complexity index is 274. The van der Waals surface area contributed by atoms with Crippen LogP contribution in [-0.2, 0) is 4.79 Å². The molecule has 0 aromatic rings. The van der Waals surface area contributed by atoms with E-state index in [0.29, 0.717) is 12.5 Å². The van der Waals surface area contributed by atoms with Crippen LogP contribution in [0.25, 0.3) is 0 Å². The maximum atomic E-state index is 12.2. The number of rotatable bonds is 5. The summed E-state index contributed by atoms with van der Waals surface area (Å²) in [5.74, 6) is 0.697. The first-order chi connectivity index (χ1) is 8.33. The molecule has 1 aliphatic carbocycles. The summed E-state index contributed by atoms with van der Waals surface area (Å²) < 4.78 is 0. The maximum Gasteiger partial charge on any atom is 0.223 e. The molecular formula is C15H29NO2. The highest BCUT2D eigenvalue weighted by Gasteiger charge is 2.36. The minimum absolute atomic E-state index is 0.103. The van der Waals surface area contributed by atoms with Crippen LogP contribution in [0.4, 0.5) is 0 Å². The van der Waals surface area contributed by atoms with Crippen molar-refractivity contribution in [1.29, 1.82) is 0 Å². The van der Waals surface area contributed by atoms with Gasteiger partial charge in [0.25, 0.3) is 0 Å². The fourth-order valence-electron chi connectivity index (χ4n) is 2.95. The number of carbonyl (C=O) groups excluding carboxylic acids is 1. The van der Waals surface area contributed by atoms with Crippen molar-refractivity contribution < 1.29 is 9.90 Å². The van der Waals surface area contributed by atoms with Crippen LogP contribution in [0.2, 0.25) is 0 Å². The van der Waals surface area contributed by atoms with Crippen molar-refractivity contribution >= 4 is 5.91 Å². The van der Waals surface area contributed by atoms with Crippen molar-refractivity contribution in [2.45, 2.75) is 65.9 Å². The molecule has 2 atom stereocenters. The second-order valence-corrected chi connectivity index (χ2v) is 6.82. The number of amides is 1. The Morgan fingerprint density at radius 3 is 2.61 bits per heavy atom. The Morgan fingerprint density at radius 2 is 2.06 bits per heavy atom. The van der Waals surface area contributed by atoms with E-state index in [-0.39, 0.29) is 17.2 Å². The topological polar surface area (TPSA) is 49.3 Å². The van der Waals surface area contributed by atoms with Gasteiger partial charge in [0, 0.05) is 12.5 Å². The van der Waals surface area contributed by atoms with E-state index >= 15 is 0 Å². The Hall–Kier alpha value is -0.570. The Balaban J connectivity index is 2.40. The summed E-state index contributed by atoms with van der Waals surface area (Å²) in [6, 6.07) is 0. The standard InChI is InChI=1S/C15H29NO2/c1-11(2)9-12(17)10-16-14(18)13-7-5-6-8-15(13,3)4/h11-13,17H,5-10H2,1-4H3,(H,16,18). The lowest BCUT2D eigenvalue weighted by atomic mass is 9.68. The van der Waals surface area contributed by atoms with E-state index < -0.39 is 6.10 Å². The number of nitrogens with one attached hydrogen (secondary N) is 1. The Morgan fingerprint density at radius 1 is 1.39 bits per heavy atom. The van der Waals surface area contributed by atoms with Crippen LogP contribution in [-0.4, -0.2) is 23.7 Å². The van der Waals surface area contributed by atoms with Gasteiger partial charge in [0.15, 0.2) is 0 Å². The molecule has 1 fully saturated rings. The molecule has 0 aromatic heterocycles. The van der Waals surface area contributed by atoms with E-state index in [0.717, 1.165) is 25.7 Å². The average Bonchev–Trinajstić information content (AvgIpc) is 2.24. The molecule has 106 valence electrons. The van der Waals surface area contributed by atoms with Crippen molar-refractivity contribution in [2.24, 2.45) is 17.3 Å². The van der Waals surface area contributed by atoms with Crippen LogP contribution in [0.15, 0.2) is 0 Å². The van der Waals surface area contributed by atoms with Crippen LogP contribution in [0, 0.1) is 17.3 Å². The number of hydrogen-bond acceptors (Lipinski definition) is 2. The zero-order chi connectivity index (χ0) is 13.8. The molecule has 0 radical (unpaired) electrons. The quantitative estimate of drug-likeness (QED) is 0.793. The van der Waals surface area contributed by atoms with Gasteiger partial charge in [-0.1, -0.05) is 40.5 Å². The molecule has 2 unspecified atom stereocenters. The Labute approximate surface area is 111 Å². The fraction of sp³-hybridized carbons (Fsp3) is 0.933. The van der Waals surface area contributed by atoms with Gasteiger partial charge in [-0.3, -0.25) is 4.79 Å². The summed E-state index contributed by atoms with van der Waals surface area (Å²) in [4.78, 5) is 12.2. The normalized spacial score (nSPS) is 24.9. The molecule has 0 aliphatic heterocycles. The largest absolute Gasteiger partial charge is 0.391 e. The van der Waals surface area contributed by atoms with Crippen LogP contribution >= 0.6 is 0 Å². The van der Waals surface area contributed by atoms with Gasteiger partial charge in [-0.2, -0.15) is 0 Å². The molecule has 3 nitrogen and oxygen atoms in total. The predicted octanol–water partition coefficient (Wildman–Crippen LogP) is 2.73. The predicted molar refractivity (Wildman–Crippen MR) is 74.2 cm³/mol. The van der Waals surface area contributed by atoms with Crippen molar-refractivity contribution in [2.75, 3.05) is 6.54 Å². The van der Waals surface area contributed by atoms with Crippen LogP contribution in [0.5, 0.6) is 0 Å². The van der Waals surface area contributed by atoms with Crippen LogP contribution in [0.1, 0.15) is 59.8 Å². The molecule has 0 saturated heterocycles. The third-order valence-corrected chi connectivity index (χ3v) is 4.08. The van der Waals surface area contributed by atoms with Crippen molar-refractivity contribution in [3.8, 4) is 0 Å². The van der Waals surface area contributed by atoms with E-state index in [9.17, 15) is 9.90 Å². The van der Waals surface area contributed by atoms with E-state index in [1.807, 2.05) is 0 Å². The summed E-state index contributed by atoms with van der Waals surface area (Å²) in [5.41, 5.74) is 0.103. The van der Waals surface area contributed by atoms with Crippen molar-refractivity contribution in [1.82, 2.24) is 5.32 Å². The first kappa shape index (κ1) is 15.5. The number of aliphatic hydroxyl groups excluding tert-OH is 1. The highest BCUT2D eigenvalue weighted by atomic mass is 16.3. The van der Waals surface area contributed by atoms with Gasteiger partial charge in [-0.25, -0.2) is 0 Å². The zero-order valence-corrected chi connectivity index (χ0v) is 12.3. The molecule has 0 spiro atoms. The first-order valence-corrected chi connectivity index (χ1v) is 7.28. The molecule has 1 amide bonds. The second kappa shape index (κ2) is 6.55. The van der Waals surface area contributed by atoms with Crippen molar-refractivity contribution in [3.05, 3.63) is 0 Å². The summed E-state index contributed by atoms with van der Waals surface area (Å²) in [5, 5.41) is 12.7. The highest BCUT2D eigenvalue weighted by Crippen LogP contribution is 2.40. The van der Waals surface area contributed by atoms with E-state index in [1.54, 1.807) is 0 Å². The lowest BCUT2D eigenvalue weighted by Gasteiger charge is -2.37. The van der Waals surface area contributed by atoms with Gasteiger partial charge < -0.3 is 10.4 Å². The smallest absolute Gasteiger partial charge is 0.223 e.